The van der Waals surface area contributed by atoms with Gasteiger partial charge in [0.15, 0.2) is 6.10 Å². The summed E-state index contributed by atoms with van der Waals surface area (Å²) in [5.74, 6) is 1.31. The standard InChI is InChI=1S/C15H23NO4/c1-16(8-11-7-9-2-3-10(11)6-9)14(17)12-4-5-13(20-12)15(18)19/h9-13H,2-8H2,1H3,(H,18,19). The molecule has 2 aliphatic carbocycles. The number of ether oxygens (including phenoxy) is 1. The van der Waals surface area contributed by atoms with Gasteiger partial charge in [0.25, 0.3) is 5.91 Å². The summed E-state index contributed by atoms with van der Waals surface area (Å²) >= 11 is 0. The third-order valence-corrected chi connectivity index (χ3v) is 5.34. The third kappa shape index (κ3) is 2.55. The number of rotatable bonds is 4. The second-order valence-corrected chi connectivity index (χ2v) is 6.68. The van der Waals surface area contributed by atoms with Gasteiger partial charge in [0, 0.05) is 13.6 Å². The number of fused-ring (bicyclic) bond motifs is 2. The molecule has 2 saturated carbocycles. The summed E-state index contributed by atoms with van der Waals surface area (Å²) in [5.41, 5.74) is 0. The third-order valence-electron chi connectivity index (χ3n) is 5.34. The number of hydrogen-bond acceptors (Lipinski definition) is 3. The fourth-order valence-corrected chi connectivity index (χ4v) is 4.29. The molecule has 5 nitrogen and oxygen atoms in total. The van der Waals surface area contributed by atoms with E-state index in [9.17, 15) is 9.59 Å². The van der Waals surface area contributed by atoms with E-state index >= 15 is 0 Å². The van der Waals surface area contributed by atoms with Crippen LogP contribution in [-0.4, -0.2) is 47.7 Å². The van der Waals surface area contributed by atoms with Crippen LogP contribution in [0.3, 0.4) is 0 Å². The molecule has 1 heterocycles. The second kappa shape index (κ2) is 5.35. The second-order valence-electron chi connectivity index (χ2n) is 6.68. The van der Waals surface area contributed by atoms with Crippen molar-refractivity contribution in [2.45, 2.75) is 50.7 Å². The monoisotopic (exact) mass is 281 g/mol. The number of aliphatic carboxylic acids is 1. The lowest BCUT2D eigenvalue weighted by Gasteiger charge is -2.28. The number of nitrogens with zero attached hydrogens (tertiary/aromatic N) is 1. The Morgan fingerprint density at radius 1 is 1.15 bits per heavy atom. The highest BCUT2D eigenvalue weighted by molar-refractivity contribution is 5.82. The summed E-state index contributed by atoms with van der Waals surface area (Å²) in [5, 5.41) is 8.90. The van der Waals surface area contributed by atoms with E-state index in [0.717, 1.165) is 18.4 Å². The van der Waals surface area contributed by atoms with Gasteiger partial charge < -0.3 is 14.7 Å². The van der Waals surface area contributed by atoms with E-state index in [1.165, 1.54) is 25.7 Å². The van der Waals surface area contributed by atoms with Gasteiger partial charge in [0.05, 0.1) is 0 Å². The van der Waals surface area contributed by atoms with Crippen molar-refractivity contribution in [2.24, 2.45) is 17.8 Å². The van der Waals surface area contributed by atoms with Crippen LogP contribution in [0.2, 0.25) is 0 Å². The number of amides is 1. The van der Waals surface area contributed by atoms with Crippen molar-refractivity contribution < 1.29 is 19.4 Å². The molecular formula is C15H23NO4. The van der Waals surface area contributed by atoms with Crippen LogP contribution < -0.4 is 0 Å². The molecule has 0 aromatic carbocycles. The molecule has 2 bridgehead atoms. The van der Waals surface area contributed by atoms with Crippen LogP contribution in [0.1, 0.15) is 38.5 Å². The lowest BCUT2D eigenvalue weighted by Crippen LogP contribution is -2.40. The minimum absolute atomic E-state index is 0.0449. The van der Waals surface area contributed by atoms with Gasteiger partial charge in [0.1, 0.15) is 6.10 Å². The molecular weight excluding hydrogens is 258 g/mol. The van der Waals surface area contributed by atoms with Gasteiger partial charge >= 0.3 is 5.97 Å². The molecule has 0 spiro atoms. The molecule has 5 unspecified atom stereocenters. The van der Waals surface area contributed by atoms with E-state index in [1.54, 1.807) is 4.90 Å². The molecule has 3 aliphatic rings. The molecule has 1 N–H and O–H groups in total. The number of carboxylic acid groups (broad SMARTS) is 1. The average molecular weight is 281 g/mol. The van der Waals surface area contributed by atoms with Crippen molar-refractivity contribution in [1.29, 1.82) is 0 Å². The molecule has 20 heavy (non-hydrogen) atoms. The number of hydrogen-bond donors (Lipinski definition) is 1. The first-order chi connectivity index (χ1) is 9.54. The average Bonchev–Trinajstić information content (AvgIpc) is 3.13. The van der Waals surface area contributed by atoms with Crippen molar-refractivity contribution >= 4 is 11.9 Å². The lowest BCUT2D eigenvalue weighted by atomic mass is 9.88. The van der Waals surface area contributed by atoms with Crippen molar-refractivity contribution in [3.8, 4) is 0 Å². The van der Waals surface area contributed by atoms with E-state index in [0.29, 0.717) is 18.8 Å². The molecule has 0 aromatic rings. The first-order valence-electron chi connectivity index (χ1n) is 7.68. The van der Waals surface area contributed by atoms with Gasteiger partial charge in [-0.2, -0.15) is 0 Å². The zero-order chi connectivity index (χ0) is 14.3. The molecule has 1 aliphatic heterocycles. The predicted molar refractivity (Wildman–Crippen MR) is 72.1 cm³/mol. The predicted octanol–water partition coefficient (Wildman–Crippen LogP) is 1.51. The number of carbonyl (C=O) groups is 2. The van der Waals surface area contributed by atoms with Gasteiger partial charge in [-0.1, -0.05) is 6.42 Å². The van der Waals surface area contributed by atoms with Crippen molar-refractivity contribution in [3.05, 3.63) is 0 Å². The van der Waals surface area contributed by atoms with Crippen molar-refractivity contribution in [3.63, 3.8) is 0 Å². The van der Waals surface area contributed by atoms with Crippen LogP contribution in [-0.2, 0) is 14.3 Å². The summed E-state index contributed by atoms with van der Waals surface area (Å²) in [6.07, 6.45) is 4.88. The van der Waals surface area contributed by atoms with Gasteiger partial charge in [-0.15, -0.1) is 0 Å². The highest BCUT2D eigenvalue weighted by Crippen LogP contribution is 2.48. The normalized spacial score (nSPS) is 39.1. The summed E-state index contributed by atoms with van der Waals surface area (Å²) < 4.78 is 5.34. The van der Waals surface area contributed by atoms with Crippen LogP contribution in [0.5, 0.6) is 0 Å². The molecule has 1 saturated heterocycles. The van der Waals surface area contributed by atoms with Gasteiger partial charge in [-0.3, -0.25) is 4.79 Å². The maximum atomic E-state index is 12.3. The summed E-state index contributed by atoms with van der Waals surface area (Å²) in [6.45, 7) is 0.803. The van der Waals surface area contributed by atoms with Crippen LogP contribution >= 0.6 is 0 Å². The van der Waals surface area contributed by atoms with Gasteiger partial charge in [0.2, 0.25) is 0 Å². The Labute approximate surface area is 119 Å². The molecule has 0 aromatic heterocycles. The van der Waals surface area contributed by atoms with Crippen molar-refractivity contribution in [1.82, 2.24) is 4.90 Å². The van der Waals surface area contributed by atoms with E-state index < -0.39 is 18.2 Å². The molecule has 0 radical (unpaired) electrons. The molecule has 3 rings (SSSR count). The highest BCUT2D eigenvalue weighted by atomic mass is 16.5. The Morgan fingerprint density at radius 3 is 2.45 bits per heavy atom. The minimum Gasteiger partial charge on any atom is -0.479 e. The van der Waals surface area contributed by atoms with Gasteiger partial charge in [-0.05, 0) is 49.9 Å². The summed E-state index contributed by atoms with van der Waals surface area (Å²) in [7, 11) is 1.83. The minimum atomic E-state index is -0.962. The largest absolute Gasteiger partial charge is 0.479 e. The summed E-state index contributed by atoms with van der Waals surface area (Å²) in [6, 6.07) is 0. The Hall–Kier alpha value is -1.10. The molecule has 3 fully saturated rings. The fraction of sp³-hybridized carbons (Fsp3) is 0.867. The van der Waals surface area contributed by atoms with Crippen molar-refractivity contribution in [2.75, 3.05) is 13.6 Å². The Kier molecular flexibility index (Phi) is 3.71. The fourth-order valence-electron chi connectivity index (χ4n) is 4.29. The molecule has 1 amide bonds. The molecule has 112 valence electrons. The molecule has 5 atom stereocenters. The Morgan fingerprint density at radius 2 is 1.90 bits per heavy atom. The molecule has 5 heteroatoms. The quantitative estimate of drug-likeness (QED) is 0.848. The summed E-state index contributed by atoms with van der Waals surface area (Å²) in [4.78, 5) is 24.9. The van der Waals surface area contributed by atoms with Crippen LogP contribution in [0.15, 0.2) is 0 Å². The first kappa shape index (κ1) is 13.9. The van der Waals surface area contributed by atoms with E-state index in [2.05, 4.69) is 0 Å². The number of carbonyl (C=O) groups excluding carboxylic acids is 1. The zero-order valence-electron chi connectivity index (χ0n) is 12.0. The Balaban J connectivity index is 1.51. The Bertz CT molecular complexity index is 411. The maximum Gasteiger partial charge on any atom is 0.332 e. The zero-order valence-corrected chi connectivity index (χ0v) is 12.0. The first-order valence-corrected chi connectivity index (χ1v) is 7.68. The van der Waals surface area contributed by atoms with Crippen LogP contribution in [0.4, 0.5) is 0 Å². The number of carboxylic acids is 1. The number of likely N-dealkylation sites (N-methyl/N-ethyl adjacent to an activating group) is 1. The van der Waals surface area contributed by atoms with E-state index in [1.807, 2.05) is 7.05 Å². The van der Waals surface area contributed by atoms with E-state index in [-0.39, 0.29) is 5.91 Å². The van der Waals surface area contributed by atoms with Crippen LogP contribution in [0.25, 0.3) is 0 Å². The smallest absolute Gasteiger partial charge is 0.332 e. The lowest BCUT2D eigenvalue weighted by molar-refractivity contribution is -0.154. The highest BCUT2D eigenvalue weighted by Gasteiger charge is 2.41. The topological polar surface area (TPSA) is 66.8 Å². The van der Waals surface area contributed by atoms with Gasteiger partial charge in [-0.25, -0.2) is 4.79 Å². The maximum absolute atomic E-state index is 12.3. The van der Waals surface area contributed by atoms with E-state index in [4.69, 9.17) is 9.84 Å². The van der Waals surface area contributed by atoms with Crippen LogP contribution in [0, 0.1) is 17.8 Å². The SMILES string of the molecule is CN(CC1CC2CCC1C2)C(=O)C1CCC(C(=O)O)O1.